The lowest BCUT2D eigenvalue weighted by Gasteiger charge is -2.24. The molecule has 0 atom stereocenters. The number of nitrogens with one attached hydrogen (secondary N) is 1. The van der Waals surface area contributed by atoms with E-state index in [-0.39, 0.29) is 6.10 Å². The molecule has 0 bridgehead atoms. The summed E-state index contributed by atoms with van der Waals surface area (Å²) in [6.45, 7) is 8.52. The molecule has 0 unspecified atom stereocenters. The molecule has 5 N–H and O–H groups in total. The lowest BCUT2D eigenvalue weighted by atomic mass is 9.98. The van der Waals surface area contributed by atoms with Crippen LogP contribution in [0.15, 0.2) is 39.6 Å². The number of nitrogens with zero attached hydrogens (tertiary/aromatic N) is 4. The number of likely N-dealkylation sites (N-methyl/N-ethyl adjacent to an activating group) is 1. The van der Waals surface area contributed by atoms with Gasteiger partial charge in [0.05, 0.1) is 47.7 Å². The standard InChI is InChI=1S/C28H43N7O/c1-6-8-13-22(31-4)18-23(12-7-2)33-20-32-19-26(35(5)30)28(29)25-16-17-27(21(3)34-25)36-24-14-10-9-11-15-24/h2,16-18,24,32H,4,6,8-15,19-20,29-30H2,1,3,5H3/b22-18-,28-26-,33-23-. The fourth-order valence-electron chi connectivity index (χ4n) is 4.08. The van der Waals surface area contributed by atoms with Crippen molar-refractivity contribution >= 4 is 18.1 Å². The first-order chi connectivity index (χ1) is 17.4. The van der Waals surface area contributed by atoms with Crippen molar-refractivity contribution in [3.63, 3.8) is 0 Å². The molecule has 0 saturated heterocycles. The second-order valence-corrected chi connectivity index (χ2v) is 9.14. The third-order valence-electron chi connectivity index (χ3n) is 6.19. The fraction of sp³-hybridized carbons (Fsp3) is 0.536. The molecule has 8 heteroatoms. The van der Waals surface area contributed by atoms with Gasteiger partial charge >= 0.3 is 0 Å². The van der Waals surface area contributed by atoms with E-state index in [1.807, 2.05) is 25.1 Å². The second kappa shape index (κ2) is 15.8. The molecular weight excluding hydrogens is 450 g/mol. The van der Waals surface area contributed by atoms with Crippen LogP contribution < -0.4 is 21.6 Å². The van der Waals surface area contributed by atoms with E-state index >= 15 is 0 Å². The number of aryl methyl sites for hydroxylation is 1. The summed E-state index contributed by atoms with van der Waals surface area (Å²) in [6, 6.07) is 3.84. The predicted molar refractivity (Wildman–Crippen MR) is 150 cm³/mol. The van der Waals surface area contributed by atoms with Crippen molar-refractivity contribution in [2.45, 2.75) is 77.7 Å². The number of hydrazine groups is 1. The summed E-state index contributed by atoms with van der Waals surface area (Å²) in [6.07, 6.45) is 17.1. The van der Waals surface area contributed by atoms with Crippen LogP contribution in [0.5, 0.6) is 5.75 Å². The van der Waals surface area contributed by atoms with Crippen molar-refractivity contribution in [2.75, 3.05) is 20.3 Å². The van der Waals surface area contributed by atoms with Gasteiger partial charge in [-0.2, -0.15) is 0 Å². The molecule has 0 amide bonds. The summed E-state index contributed by atoms with van der Waals surface area (Å²) < 4.78 is 6.20. The molecule has 0 radical (unpaired) electrons. The number of hydrogen-bond donors (Lipinski definition) is 3. The smallest absolute Gasteiger partial charge is 0.140 e. The Balaban J connectivity index is 2.08. The summed E-state index contributed by atoms with van der Waals surface area (Å²) >= 11 is 0. The Hall–Kier alpha value is -3.15. The average molecular weight is 494 g/mol. The van der Waals surface area contributed by atoms with Gasteiger partial charge in [-0.15, -0.1) is 12.3 Å². The van der Waals surface area contributed by atoms with Gasteiger partial charge in [0.2, 0.25) is 0 Å². The maximum Gasteiger partial charge on any atom is 0.140 e. The molecule has 1 saturated carbocycles. The number of ether oxygens (including phenoxy) is 1. The Labute approximate surface area is 217 Å². The van der Waals surface area contributed by atoms with Gasteiger partial charge in [-0.05, 0) is 70.4 Å². The van der Waals surface area contributed by atoms with Gasteiger partial charge in [0.25, 0.3) is 0 Å². The number of terminal acetylenes is 1. The number of allylic oxidation sites excluding steroid dienone is 2. The molecule has 2 rings (SSSR count). The summed E-state index contributed by atoms with van der Waals surface area (Å²) in [4.78, 5) is 13.4. The van der Waals surface area contributed by atoms with E-state index in [1.165, 1.54) is 24.3 Å². The third kappa shape index (κ3) is 9.48. The van der Waals surface area contributed by atoms with Crippen LogP contribution in [0.4, 0.5) is 0 Å². The number of aromatic nitrogens is 1. The maximum atomic E-state index is 6.49. The average Bonchev–Trinajstić information content (AvgIpc) is 2.87. The van der Waals surface area contributed by atoms with E-state index < -0.39 is 0 Å². The van der Waals surface area contributed by atoms with Crippen LogP contribution in [-0.2, 0) is 0 Å². The van der Waals surface area contributed by atoms with Gasteiger partial charge in [0, 0.05) is 19.3 Å². The van der Waals surface area contributed by atoms with Gasteiger partial charge in [-0.1, -0.05) is 19.8 Å². The van der Waals surface area contributed by atoms with Crippen LogP contribution in [0.1, 0.15) is 76.1 Å². The van der Waals surface area contributed by atoms with Crippen molar-refractivity contribution in [2.24, 2.45) is 21.6 Å². The van der Waals surface area contributed by atoms with Crippen molar-refractivity contribution in [1.82, 2.24) is 15.3 Å². The SMILES string of the molecule is C#CCC(/C=C(/CCCC)N=C)=N/CNC/C(=C(/N)c1ccc(OC2CCCCC2)c(C)n1)N(C)N. The van der Waals surface area contributed by atoms with E-state index in [1.54, 1.807) is 7.05 Å². The molecule has 1 aromatic rings. The van der Waals surface area contributed by atoms with Gasteiger partial charge < -0.3 is 15.5 Å². The highest BCUT2D eigenvalue weighted by Gasteiger charge is 2.17. The van der Waals surface area contributed by atoms with E-state index in [9.17, 15) is 0 Å². The molecule has 1 aliphatic rings. The van der Waals surface area contributed by atoms with Crippen LogP contribution in [-0.4, -0.2) is 48.8 Å². The third-order valence-corrected chi connectivity index (χ3v) is 6.19. The number of rotatable bonds is 14. The van der Waals surface area contributed by atoms with E-state index in [0.717, 1.165) is 55.0 Å². The van der Waals surface area contributed by atoms with Gasteiger partial charge in [0.1, 0.15) is 5.75 Å². The fourth-order valence-corrected chi connectivity index (χ4v) is 4.08. The molecule has 0 spiro atoms. The van der Waals surface area contributed by atoms with Crippen molar-refractivity contribution in [3.05, 3.63) is 41.0 Å². The van der Waals surface area contributed by atoms with Gasteiger partial charge in [-0.3, -0.25) is 15.3 Å². The minimum atomic E-state index is 0.271. The number of pyridine rings is 1. The first-order valence-corrected chi connectivity index (χ1v) is 12.9. The van der Waals surface area contributed by atoms with E-state index in [4.69, 9.17) is 27.7 Å². The zero-order valence-electron chi connectivity index (χ0n) is 22.2. The Morgan fingerprint density at radius 1 is 1.36 bits per heavy atom. The van der Waals surface area contributed by atoms with E-state index in [0.29, 0.717) is 36.7 Å². The largest absolute Gasteiger partial charge is 0.489 e. The highest BCUT2D eigenvalue weighted by molar-refractivity contribution is 5.97. The topological polar surface area (TPSA) is 114 Å². The molecule has 196 valence electrons. The van der Waals surface area contributed by atoms with Crippen molar-refractivity contribution < 1.29 is 4.74 Å². The molecule has 1 heterocycles. The lowest BCUT2D eigenvalue weighted by Crippen LogP contribution is -2.34. The van der Waals surface area contributed by atoms with Gasteiger partial charge in [0.15, 0.2) is 0 Å². The normalized spacial score (nSPS) is 15.8. The molecule has 0 aliphatic heterocycles. The molecule has 36 heavy (non-hydrogen) atoms. The zero-order valence-corrected chi connectivity index (χ0v) is 22.2. The highest BCUT2D eigenvalue weighted by Crippen LogP contribution is 2.26. The monoisotopic (exact) mass is 493 g/mol. The Morgan fingerprint density at radius 3 is 2.72 bits per heavy atom. The quantitative estimate of drug-likeness (QED) is 0.117. The Bertz CT molecular complexity index is 982. The highest BCUT2D eigenvalue weighted by atomic mass is 16.5. The Kier molecular flexibility index (Phi) is 12.7. The van der Waals surface area contributed by atoms with Crippen LogP contribution >= 0.6 is 0 Å². The van der Waals surface area contributed by atoms with Crippen molar-refractivity contribution in [3.8, 4) is 18.1 Å². The van der Waals surface area contributed by atoms with Crippen molar-refractivity contribution in [1.29, 1.82) is 0 Å². The van der Waals surface area contributed by atoms with Crippen LogP contribution in [0, 0.1) is 19.3 Å². The summed E-state index contributed by atoms with van der Waals surface area (Å²) in [5.41, 5.74) is 10.9. The van der Waals surface area contributed by atoms with Crippen LogP contribution in [0.3, 0.4) is 0 Å². The first kappa shape index (κ1) is 29.1. The molecule has 8 nitrogen and oxygen atoms in total. The molecule has 1 aromatic heterocycles. The number of unbranched alkanes of at least 4 members (excludes halogenated alkanes) is 1. The Morgan fingerprint density at radius 2 is 2.11 bits per heavy atom. The first-order valence-electron chi connectivity index (χ1n) is 12.9. The molecule has 0 aromatic carbocycles. The minimum Gasteiger partial charge on any atom is -0.489 e. The number of hydrogen-bond acceptors (Lipinski definition) is 8. The summed E-state index contributed by atoms with van der Waals surface area (Å²) in [5, 5.41) is 4.78. The van der Waals surface area contributed by atoms with Crippen LogP contribution in [0.2, 0.25) is 0 Å². The van der Waals surface area contributed by atoms with E-state index in [2.05, 4.69) is 34.9 Å². The maximum absolute atomic E-state index is 6.49. The molecule has 1 fully saturated rings. The zero-order chi connectivity index (χ0) is 26.3. The number of aliphatic imine (C=N–C) groups is 2. The minimum absolute atomic E-state index is 0.271. The molecule has 1 aliphatic carbocycles. The van der Waals surface area contributed by atoms with Crippen LogP contribution in [0.25, 0.3) is 5.70 Å². The lowest BCUT2D eigenvalue weighted by molar-refractivity contribution is 0.153. The molecular formula is C28H43N7O. The van der Waals surface area contributed by atoms with Gasteiger partial charge in [-0.25, -0.2) is 10.8 Å². The summed E-state index contributed by atoms with van der Waals surface area (Å²) in [7, 11) is 1.75. The predicted octanol–water partition coefficient (Wildman–Crippen LogP) is 4.32. The second-order valence-electron chi connectivity index (χ2n) is 9.14. The summed E-state index contributed by atoms with van der Waals surface area (Å²) in [5.74, 6) is 9.57. The number of nitrogens with two attached hydrogens (primary N) is 2.